The van der Waals surface area contributed by atoms with Crippen LogP contribution < -0.4 is 10.5 Å². The van der Waals surface area contributed by atoms with Crippen molar-refractivity contribution in [2.75, 3.05) is 53.2 Å². The molecule has 0 fully saturated rings. The largest absolute Gasteiger partial charge is 0.490 e. The highest BCUT2D eigenvalue weighted by Crippen LogP contribution is 2.23. The van der Waals surface area contributed by atoms with Crippen LogP contribution >= 0.6 is 0 Å². The first-order valence-electron chi connectivity index (χ1n) is 7.44. The molecule has 0 aliphatic heterocycles. The molecule has 0 aliphatic carbocycles. The molecule has 1 rings (SSSR count). The summed E-state index contributed by atoms with van der Waals surface area (Å²) in [5.74, 6) is 0.688. The number of hydrogen-bond donors (Lipinski definition) is 2. The van der Waals surface area contributed by atoms with Crippen molar-refractivity contribution in [3.63, 3.8) is 0 Å². The normalized spacial score (nSPS) is 10.8. The number of benzene rings is 1. The minimum absolute atomic E-state index is 0.0129. The number of aryl methyl sites for hydroxylation is 1. The van der Waals surface area contributed by atoms with Crippen molar-refractivity contribution < 1.29 is 14.6 Å². The zero-order chi connectivity index (χ0) is 16.5. The van der Waals surface area contributed by atoms with Gasteiger partial charge in [0, 0.05) is 26.6 Å². The van der Waals surface area contributed by atoms with Gasteiger partial charge in [0.15, 0.2) is 0 Å². The van der Waals surface area contributed by atoms with Crippen molar-refractivity contribution in [2.24, 2.45) is 0 Å². The highest BCUT2D eigenvalue weighted by Gasteiger charge is 2.09. The first kappa shape index (κ1) is 18.3. The van der Waals surface area contributed by atoms with Crippen molar-refractivity contribution in [2.45, 2.75) is 12.8 Å². The standard InChI is InChI=1S/C16H27N3O3/c1-18(2)9-11-22-15-6-4-13(12-14(15)17)5-7-16(21)19(3)8-10-20/h4,6,12,20H,5,7-11,17H2,1-3H3. The number of hydrogen-bond acceptors (Lipinski definition) is 5. The second kappa shape index (κ2) is 9.27. The van der Waals surface area contributed by atoms with Gasteiger partial charge < -0.3 is 25.4 Å². The van der Waals surface area contributed by atoms with E-state index in [1.165, 1.54) is 4.90 Å². The van der Waals surface area contributed by atoms with E-state index in [2.05, 4.69) is 0 Å². The maximum atomic E-state index is 11.8. The van der Waals surface area contributed by atoms with E-state index in [-0.39, 0.29) is 12.5 Å². The number of ether oxygens (including phenoxy) is 1. The molecule has 3 N–H and O–H groups in total. The molecule has 124 valence electrons. The van der Waals surface area contributed by atoms with Crippen LogP contribution in [0.2, 0.25) is 0 Å². The molecule has 6 nitrogen and oxygen atoms in total. The van der Waals surface area contributed by atoms with Crippen LogP contribution in [0.15, 0.2) is 18.2 Å². The van der Waals surface area contributed by atoms with Gasteiger partial charge in [-0.3, -0.25) is 4.79 Å². The Morgan fingerprint density at radius 3 is 2.59 bits per heavy atom. The van der Waals surface area contributed by atoms with Crippen molar-refractivity contribution in [1.29, 1.82) is 0 Å². The molecule has 22 heavy (non-hydrogen) atoms. The lowest BCUT2D eigenvalue weighted by atomic mass is 10.1. The molecule has 0 atom stereocenters. The number of nitrogen functional groups attached to an aromatic ring is 1. The minimum atomic E-state index is -0.0197. The van der Waals surface area contributed by atoms with Crippen molar-refractivity contribution in [3.8, 4) is 5.75 Å². The molecule has 0 heterocycles. The van der Waals surface area contributed by atoms with Gasteiger partial charge in [0.25, 0.3) is 0 Å². The van der Waals surface area contributed by atoms with E-state index in [4.69, 9.17) is 15.6 Å². The molecule has 0 saturated heterocycles. The van der Waals surface area contributed by atoms with Crippen LogP contribution in [0, 0.1) is 0 Å². The smallest absolute Gasteiger partial charge is 0.222 e. The maximum absolute atomic E-state index is 11.8. The summed E-state index contributed by atoms with van der Waals surface area (Å²) in [5.41, 5.74) is 7.58. The number of amides is 1. The lowest BCUT2D eigenvalue weighted by Gasteiger charge is -2.16. The van der Waals surface area contributed by atoms with Gasteiger partial charge >= 0.3 is 0 Å². The summed E-state index contributed by atoms with van der Waals surface area (Å²) in [5, 5.41) is 8.82. The first-order chi connectivity index (χ1) is 10.4. The number of anilines is 1. The van der Waals surface area contributed by atoms with Crippen LogP contribution in [0.4, 0.5) is 5.69 Å². The molecule has 0 spiro atoms. The second-order valence-corrected chi connectivity index (χ2v) is 5.56. The molecule has 0 unspecified atom stereocenters. The van der Waals surface area contributed by atoms with Crippen molar-refractivity contribution in [3.05, 3.63) is 23.8 Å². The zero-order valence-corrected chi connectivity index (χ0v) is 13.7. The lowest BCUT2D eigenvalue weighted by molar-refractivity contribution is -0.130. The molecule has 6 heteroatoms. The molecule has 1 amide bonds. The molecule has 1 aromatic rings. The Labute approximate surface area is 132 Å². The van der Waals surface area contributed by atoms with Crippen molar-refractivity contribution in [1.82, 2.24) is 9.80 Å². The van der Waals surface area contributed by atoms with Crippen LogP contribution in [0.3, 0.4) is 0 Å². The Morgan fingerprint density at radius 2 is 2.00 bits per heavy atom. The third-order valence-electron chi connectivity index (χ3n) is 3.36. The number of aliphatic hydroxyl groups is 1. The Hall–Kier alpha value is -1.79. The molecule has 0 radical (unpaired) electrons. The quantitative estimate of drug-likeness (QED) is 0.653. The third kappa shape index (κ3) is 6.32. The SMILES string of the molecule is CN(C)CCOc1ccc(CCC(=O)N(C)CCO)cc1N. The Balaban J connectivity index is 2.49. The number of carbonyl (C=O) groups is 1. The van der Waals surface area contributed by atoms with E-state index in [0.29, 0.717) is 37.4 Å². The summed E-state index contributed by atoms with van der Waals surface area (Å²) < 4.78 is 5.63. The van der Waals surface area contributed by atoms with Crippen LogP contribution in [0.1, 0.15) is 12.0 Å². The molecule has 0 aromatic heterocycles. The Morgan fingerprint density at radius 1 is 1.27 bits per heavy atom. The summed E-state index contributed by atoms with van der Waals surface area (Å²) in [6.45, 7) is 1.75. The van der Waals surface area contributed by atoms with E-state index in [0.717, 1.165) is 12.1 Å². The van der Waals surface area contributed by atoms with Gasteiger partial charge in [-0.05, 0) is 38.2 Å². The van der Waals surface area contributed by atoms with Gasteiger partial charge in [-0.1, -0.05) is 6.07 Å². The number of aliphatic hydroxyl groups excluding tert-OH is 1. The summed E-state index contributed by atoms with van der Waals surface area (Å²) in [6.07, 6.45) is 1.02. The summed E-state index contributed by atoms with van der Waals surface area (Å²) >= 11 is 0. The number of nitrogens with zero attached hydrogens (tertiary/aromatic N) is 2. The lowest BCUT2D eigenvalue weighted by Crippen LogP contribution is -2.29. The van der Waals surface area contributed by atoms with Crippen molar-refractivity contribution >= 4 is 11.6 Å². The first-order valence-corrected chi connectivity index (χ1v) is 7.44. The predicted octanol–water partition coefficient (Wildman–Crippen LogP) is 0.593. The number of nitrogens with two attached hydrogens (primary N) is 1. The maximum Gasteiger partial charge on any atom is 0.222 e. The van der Waals surface area contributed by atoms with Gasteiger partial charge in [0.05, 0.1) is 12.3 Å². The highest BCUT2D eigenvalue weighted by atomic mass is 16.5. The minimum Gasteiger partial charge on any atom is -0.490 e. The average molecular weight is 309 g/mol. The molecule has 1 aromatic carbocycles. The van der Waals surface area contributed by atoms with Crippen LogP contribution in [0.5, 0.6) is 5.75 Å². The average Bonchev–Trinajstić information content (AvgIpc) is 2.46. The van der Waals surface area contributed by atoms with Crippen LogP contribution in [0.25, 0.3) is 0 Å². The van der Waals surface area contributed by atoms with E-state index < -0.39 is 0 Å². The van der Waals surface area contributed by atoms with E-state index in [1.54, 1.807) is 7.05 Å². The van der Waals surface area contributed by atoms with E-state index in [9.17, 15) is 4.79 Å². The van der Waals surface area contributed by atoms with Crippen LogP contribution in [-0.4, -0.2) is 68.3 Å². The fourth-order valence-corrected chi connectivity index (χ4v) is 1.94. The van der Waals surface area contributed by atoms with Gasteiger partial charge in [-0.15, -0.1) is 0 Å². The monoisotopic (exact) mass is 309 g/mol. The fourth-order valence-electron chi connectivity index (χ4n) is 1.94. The molecular formula is C16H27N3O3. The number of carbonyl (C=O) groups excluding carboxylic acids is 1. The zero-order valence-electron chi connectivity index (χ0n) is 13.7. The van der Waals surface area contributed by atoms with Gasteiger partial charge in [0.1, 0.15) is 12.4 Å². The number of likely N-dealkylation sites (N-methyl/N-ethyl adjacent to an activating group) is 2. The summed E-state index contributed by atoms with van der Waals surface area (Å²) in [4.78, 5) is 15.4. The van der Waals surface area contributed by atoms with E-state index in [1.807, 2.05) is 37.2 Å². The third-order valence-corrected chi connectivity index (χ3v) is 3.36. The predicted molar refractivity (Wildman–Crippen MR) is 87.9 cm³/mol. The summed E-state index contributed by atoms with van der Waals surface area (Å²) in [7, 11) is 5.66. The molecular weight excluding hydrogens is 282 g/mol. The molecule has 0 saturated carbocycles. The van der Waals surface area contributed by atoms with Crippen LogP contribution in [-0.2, 0) is 11.2 Å². The van der Waals surface area contributed by atoms with Gasteiger partial charge in [0.2, 0.25) is 5.91 Å². The highest BCUT2D eigenvalue weighted by molar-refractivity contribution is 5.76. The summed E-state index contributed by atoms with van der Waals surface area (Å²) in [6, 6.07) is 5.63. The van der Waals surface area contributed by atoms with E-state index >= 15 is 0 Å². The molecule has 0 aliphatic rings. The van der Waals surface area contributed by atoms with Gasteiger partial charge in [-0.2, -0.15) is 0 Å². The topological polar surface area (TPSA) is 79.0 Å². The number of rotatable bonds is 9. The second-order valence-electron chi connectivity index (χ2n) is 5.56. The Bertz CT molecular complexity index is 478. The molecule has 0 bridgehead atoms. The van der Waals surface area contributed by atoms with Gasteiger partial charge in [-0.25, -0.2) is 0 Å². The fraction of sp³-hybridized carbons (Fsp3) is 0.562. The Kier molecular flexibility index (Phi) is 7.70.